The quantitative estimate of drug-likeness (QED) is 0.692. The van der Waals surface area contributed by atoms with Gasteiger partial charge in [0.05, 0.1) is 6.54 Å². The minimum absolute atomic E-state index is 0.126. The molecule has 5 nitrogen and oxygen atoms in total. The van der Waals surface area contributed by atoms with Crippen LogP contribution in [0.3, 0.4) is 0 Å². The molecule has 1 N–H and O–H groups in total. The molecule has 0 aromatic heterocycles. The first kappa shape index (κ1) is 11.7. The van der Waals surface area contributed by atoms with Crippen LogP contribution < -0.4 is 5.32 Å². The molecule has 84 valence electrons. The third-order valence-corrected chi connectivity index (χ3v) is 2.19. The van der Waals surface area contributed by atoms with E-state index in [4.69, 9.17) is 0 Å². The Kier molecular flexibility index (Phi) is 3.44. The number of urea groups is 1. The van der Waals surface area contributed by atoms with Gasteiger partial charge in [-0.3, -0.25) is 14.5 Å². The lowest BCUT2D eigenvalue weighted by atomic mass is 10.0. The fraction of sp³-hybridized carbons (Fsp3) is 0.700. The van der Waals surface area contributed by atoms with Gasteiger partial charge >= 0.3 is 6.03 Å². The molecule has 1 rings (SSSR count). The third kappa shape index (κ3) is 2.78. The van der Waals surface area contributed by atoms with Crippen molar-refractivity contribution in [1.29, 1.82) is 0 Å². The highest BCUT2D eigenvalue weighted by Gasteiger charge is 2.38. The van der Waals surface area contributed by atoms with Gasteiger partial charge in [0, 0.05) is 0 Å². The van der Waals surface area contributed by atoms with Crippen LogP contribution in [-0.4, -0.2) is 35.2 Å². The van der Waals surface area contributed by atoms with Gasteiger partial charge in [0.15, 0.2) is 0 Å². The second-order valence-electron chi connectivity index (χ2n) is 4.26. The van der Waals surface area contributed by atoms with Crippen molar-refractivity contribution < 1.29 is 14.4 Å². The second-order valence-corrected chi connectivity index (χ2v) is 4.26. The van der Waals surface area contributed by atoms with E-state index < -0.39 is 12.1 Å². The second kappa shape index (κ2) is 4.42. The van der Waals surface area contributed by atoms with Crippen molar-refractivity contribution in [1.82, 2.24) is 10.2 Å². The smallest absolute Gasteiger partial charge is 0.325 e. The van der Waals surface area contributed by atoms with Crippen molar-refractivity contribution in [3.8, 4) is 0 Å². The van der Waals surface area contributed by atoms with Gasteiger partial charge < -0.3 is 5.32 Å². The molecule has 1 atom stereocenters. The Bertz CT molecular complexity index is 299. The Labute approximate surface area is 88.8 Å². The first-order valence-corrected chi connectivity index (χ1v) is 5.03. The summed E-state index contributed by atoms with van der Waals surface area (Å²) in [7, 11) is 0. The average Bonchev–Trinajstić information content (AvgIpc) is 2.31. The SMILES string of the molecule is CC(=O)CN1C(=O)NC(CC(C)C)C1=O. The molecule has 0 spiro atoms. The molecule has 1 unspecified atom stereocenters. The summed E-state index contributed by atoms with van der Waals surface area (Å²) < 4.78 is 0. The zero-order valence-corrected chi connectivity index (χ0v) is 9.24. The number of amides is 3. The summed E-state index contributed by atoms with van der Waals surface area (Å²) in [6, 6.07) is -0.919. The summed E-state index contributed by atoms with van der Waals surface area (Å²) in [6.45, 7) is 5.19. The van der Waals surface area contributed by atoms with Crippen LogP contribution in [0.5, 0.6) is 0 Å². The Morgan fingerprint density at radius 3 is 2.53 bits per heavy atom. The van der Waals surface area contributed by atoms with Crippen LogP contribution in [-0.2, 0) is 9.59 Å². The number of nitrogens with zero attached hydrogens (tertiary/aromatic N) is 1. The van der Waals surface area contributed by atoms with Gasteiger partial charge in [-0.2, -0.15) is 0 Å². The predicted molar refractivity (Wildman–Crippen MR) is 54.2 cm³/mol. The van der Waals surface area contributed by atoms with Crippen molar-refractivity contribution in [3.63, 3.8) is 0 Å². The van der Waals surface area contributed by atoms with Crippen LogP contribution in [0.1, 0.15) is 27.2 Å². The minimum atomic E-state index is -0.461. The molecule has 5 heteroatoms. The lowest BCUT2D eigenvalue weighted by molar-refractivity contribution is -0.131. The fourth-order valence-electron chi connectivity index (χ4n) is 1.58. The van der Waals surface area contributed by atoms with Gasteiger partial charge in [0.2, 0.25) is 0 Å². The maximum atomic E-state index is 11.7. The van der Waals surface area contributed by atoms with Gasteiger partial charge in [-0.1, -0.05) is 13.8 Å². The average molecular weight is 212 g/mol. The number of carbonyl (C=O) groups is 3. The number of ketones is 1. The van der Waals surface area contributed by atoms with Gasteiger partial charge in [-0.25, -0.2) is 4.79 Å². The van der Waals surface area contributed by atoms with E-state index in [1.54, 1.807) is 0 Å². The largest absolute Gasteiger partial charge is 0.326 e. The Morgan fingerprint density at radius 1 is 1.47 bits per heavy atom. The van der Waals surface area contributed by atoms with E-state index >= 15 is 0 Å². The summed E-state index contributed by atoms with van der Waals surface area (Å²) in [6.07, 6.45) is 0.610. The van der Waals surface area contributed by atoms with Gasteiger partial charge in [0.25, 0.3) is 5.91 Å². The van der Waals surface area contributed by atoms with E-state index in [-0.39, 0.29) is 18.2 Å². The number of hydrogen-bond donors (Lipinski definition) is 1. The molecule has 1 aliphatic rings. The van der Waals surface area contributed by atoms with Crippen LogP contribution in [0, 0.1) is 5.92 Å². The topological polar surface area (TPSA) is 66.5 Å². The lowest BCUT2D eigenvalue weighted by Crippen LogP contribution is -2.35. The molecule has 1 aliphatic heterocycles. The Hall–Kier alpha value is -1.39. The van der Waals surface area contributed by atoms with Crippen LogP contribution in [0.25, 0.3) is 0 Å². The van der Waals surface area contributed by atoms with Gasteiger partial charge in [0.1, 0.15) is 11.8 Å². The monoisotopic (exact) mass is 212 g/mol. The normalized spacial score (nSPS) is 21.1. The minimum Gasteiger partial charge on any atom is -0.326 e. The number of Topliss-reactive ketones (excluding diaryl/α,β-unsaturated/α-hetero) is 1. The van der Waals surface area contributed by atoms with E-state index in [1.807, 2.05) is 13.8 Å². The summed E-state index contributed by atoms with van der Waals surface area (Å²) in [5.41, 5.74) is 0. The molecule has 0 aromatic carbocycles. The Morgan fingerprint density at radius 2 is 2.07 bits per heavy atom. The molecule has 15 heavy (non-hydrogen) atoms. The Balaban J connectivity index is 2.66. The molecular formula is C10H16N2O3. The lowest BCUT2D eigenvalue weighted by Gasteiger charge is -2.11. The highest BCUT2D eigenvalue weighted by atomic mass is 16.2. The molecule has 1 fully saturated rings. The number of hydrogen-bond acceptors (Lipinski definition) is 3. The van der Waals surface area contributed by atoms with Crippen molar-refractivity contribution in [2.24, 2.45) is 5.92 Å². The summed E-state index contributed by atoms with van der Waals surface area (Å²) in [5, 5.41) is 2.58. The predicted octanol–water partition coefficient (Wildman–Crippen LogP) is 0.542. The maximum absolute atomic E-state index is 11.7. The first-order valence-electron chi connectivity index (χ1n) is 5.03. The molecule has 3 amide bonds. The maximum Gasteiger partial charge on any atom is 0.325 e. The molecule has 0 radical (unpaired) electrons. The molecule has 0 saturated carbocycles. The highest BCUT2D eigenvalue weighted by Crippen LogP contribution is 2.13. The van der Waals surface area contributed by atoms with Gasteiger partial charge in [-0.15, -0.1) is 0 Å². The first-order chi connectivity index (χ1) is 6.91. The van der Waals surface area contributed by atoms with E-state index in [9.17, 15) is 14.4 Å². The van der Waals surface area contributed by atoms with Crippen molar-refractivity contribution in [3.05, 3.63) is 0 Å². The van der Waals surface area contributed by atoms with Gasteiger partial charge in [-0.05, 0) is 19.3 Å². The number of nitrogens with one attached hydrogen (secondary N) is 1. The fourth-order valence-corrected chi connectivity index (χ4v) is 1.58. The van der Waals surface area contributed by atoms with Crippen molar-refractivity contribution >= 4 is 17.7 Å². The molecule has 0 aromatic rings. The van der Waals surface area contributed by atoms with E-state index in [0.717, 1.165) is 4.90 Å². The number of carbonyl (C=O) groups excluding carboxylic acids is 3. The zero-order chi connectivity index (χ0) is 11.6. The highest BCUT2D eigenvalue weighted by molar-refractivity contribution is 6.06. The summed E-state index contributed by atoms with van der Waals surface area (Å²) in [5.74, 6) is -0.149. The number of rotatable bonds is 4. The molecule has 1 saturated heterocycles. The zero-order valence-electron chi connectivity index (χ0n) is 9.24. The van der Waals surface area contributed by atoms with Crippen LogP contribution in [0.4, 0.5) is 4.79 Å². The molecule has 0 aliphatic carbocycles. The van der Waals surface area contributed by atoms with E-state index in [1.165, 1.54) is 6.92 Å². The van der Waals surface area contributed by atoms with E-state index in [2.05, 4.69) is 5.32 Å². The van der Waals surface area contributed by atoms with Crippen molar-refractivity contribution in [2.45, 2.75) is 33.2 Å². The third-order valence-electron chi connectivity index (χ3n) is 2.19. The van der Waals surface area contributed by atoms with Crippen molar-refractivity contribution in [2.75, 3.05) is 6.54 Å². The van der Waals surface area contributed by atoms with E-state index in [0.29, 0.717) is 12.3 Å². The van der Waals surface area contributed by atoms with Crippen LogP contribution in [0.2, 0.25) is 0 Å². The number of imide groups is 1. The molecular weight excluding hydrogens is 196 g/mol. The standard InChI is InChI=1S/C10H16N2O3/c1-6(2)4-8-9(14)12(5-7(3)13)10(15)11-8/h6,8H,4-5H2,1-3H3,(H,11,15). The molecule has 0 bridgehead atoms. The van der Waals surface area contributed by atoms with Crippen LogP contribution in [0.15, 0.2) is 0 Å². The summed E-state index contributed by atoms with van der Waals surface area (Å²) >= 11 is 0. The molecule has 1 heterocycles. The summed E-state index contributed by atoms with van der Waals surface area (Å²) in [4.78, 5) is 34.9. The van der Waals surface area contributed by atoms with Crippen LogP contribution >= 0.6 is 0 Å².